The van der Waals surface area contributed by atoms with Gasteiger partial charge in [-0.2, -0.15) is 5.10 Å². The molecule has 0 unspecified atom stereocenters. The van der Waals surface area contributed by atoms with E-state index in [2.05, 4.69) is 39.7 Å². The van der Waals surface area contributed by atoms with Crippen LogP contribution in [0, 0.1) is 13.8 Å². The van der Waals surface area contributed by atoms with Gasteiger partial charge in [0, 0.05) is 35.6 Å². The summed E-state index contributed by atoms with van der Waals surface area (Å²) in [5.41, 5.74) is 4.42. The summed E-state index contributed by atoms with van der Waals surface area (Å²) in [5.74, 6) is 0.562. The number of fused-ring (bicyclic) bond motifs is 1. The van der Waals surface area contributed by atoms with Crippen molar-refractivity contribution in [1.82, 2.24) is 19.7 Å². The van der Waals surface area contributed by atoms with Crippen molar-refractivity contribution in [2.75, 3.05) is 0 Å². The minimum Gasteiger partial charge on any atom is -0.470 e. The molecule has 23 heavy (non-hydrogen) atoms. The fourth-order valence-electron chi connectivity index (χ4n) is 2.63. The highest BCUT2D eigenvalue weighted by molar-refractivity contribution is 5.88. The second kappa shape index (κ2) is 6.60. The summed E-state index contributed by atoms with van der Waals surface area (Å²) in [6.45, 7) is 7.46. The molecule has 0 aliphatic carbocycles. The van der Waals surface area contributed by atoms with Crippen molar-refractivity contribution >= 4 is 10.9 Å². The lowest BCUT2D eigenvalue weighted by Gasteiger charge is -2.09. The summed E-state index contributed by atoms with van der Waals surface area (Å²) >= 11 is 0. The topological polar surface area (TPSA) is 52.8 Å². The number of hydrogen-bond acceptors (Lipinski definition) is 4. The molecule has 0 bridgehead atoms. The van der Waals surface area contributed by atoms with Crippen LogP contribution in [0.2, 0.25) is 0 Å². The smallest absolute Gasteiger partial charge is 0.258 e. The van der Waals surface area contributed by atoms with Gasteiger partial charge < -0.3 is 9.30 Å². The van der Waals surface area contributed by atoms with Gasteiger partial charge in [0.15, 0.2) is 0 Å². The molecular weight excluding hydrogens is 288 g/mol. The van der Waals surface area contributed by atoms with Crippen LogP contribution in [0.5, 0.6) is 5.88 Å². The fourth-order valence-corrected chi connectivity index (χ4v) is 2.63. The van der Waals surface area contributed by atoms with Gasteiger partial charge in [-0.15, -0.1) is 5.10 Å². The molecule has 0 atom stereocenters. The maximum Gasteiger partial charge on any atom is 0.258 e. The molecule has 118 valence electrons. The van der Waals surface area contributed by atoms with E-state index in [4.69, 9.17) is 4.74 Å². The summed E-state index contributed by atoms with van der Waals surface area (Å²) in [6, 6.07) is 3.88. The van der Waals surface area contributed by atoms with Gasteiger partial charge in [0.25, 0.3) is 5.88 Å². The lowest BCUT2D eigenvalue weighted by Crippen LogP contribution is -2.03. The van der Waals surface area contributed by atoms with Crippen LogP contribution < -0.4 is 4.74 Å². The number of pyridine rings is 1. The highest BCUT2D eigenvalue weighted by atomic mass is 16.5. The second-order valence-corrected chi connectivity index (χ2v) is 5.45. The Morgan fingerprint density at radius 1 is 1.26 bits per heavy atom. The number of aryl methyl sites for hydroxylation is 1. The number of rotatable bonds is 5. The summed E-state index contributed by atoms with van der Waals surface area (Å²) in [7, 11) is 0. The minimum atomic E-state index is 0.425. The number of allylic oxidation sites excluding steroid dienone is 2. The van der Waals surface area contributed by atoms with Crippen LogP contribution in [0.1, 0.15) is 23.7 Å². The van der Waals surface area contributed by atoms with Crippen LogP contribution in [0.25, 0.3) is 10.9 Å². The number of nitrogens with zero attached hydrogens (tertiary/aromatic N) is 4. The zero-order chi connectivity index (χ0) is 16.2. The van der Waals surface area contributed by atoms with Crippen LogP contribution in [0.4, 0.5) is 0 Å². The molecule has 3 rings (SSSR count). The third kappa shape index (κ3) is 2.95. The quantitative estimate of drug-likeness (QED) is 0.676. The first kappa shape index (κ1) is 15.2. The molecule has 0 saturated heterocycles. The summed E-state index contributed by atoms with van der Waals surface area (Å²) in [4.78, 5) is 4.11. The lowest BCUT2D eigenvalue weighted by molar-refractivity contribution is 0.292. The molecular formula is C18H20N4O. The lowest BCUT2D eigenvalue weighted by atomic mass is 10.2. The fraction of sp³-hybridized carbons (Fsp3) is 0.278. The Kier molecular flexibility index (Phi) is 4.37. The average molecular weight is 308 g/mol. The third-order valence-corrected chi connectivity index (χ3v) is 4.04. The first-order chi connectivity index (χ1) is 11.2. The molecule has 0 aliphatic rings. The van der Waals surface area contributed by atoms with Gasteiger partial charge in [-0.3, -0.25) is 4.98 Å². The number of aromatic nitrogens is 4. The summed E-state index contributed by atoms with van der Waals surface area (Å²) < 4.78 is 8.16. The van der Waals surface area contributed by atoms with Crippen molar-refractivity contribution in [2.45, 2.75) is 33.9 Å². The predicted molar refractivity (Wildman–Crippen MR) is 90.4 cm³/mol. The first-order valence-electron chi connectivity index (χ1n) is 7.66. The molecule has 0 aromatic carbocycles. The van der Waals surface area contributed by atoms with E-state index >= 15 is 0 Å². The van der Waals surface area contributed by atoms with E-state index in [1.807, 2.05) is 25.1 Å². The molecule has 0 amide bonds. The van der Waals surface area contributed by atoms with Gasteiger partial charge in [0.05, 0.1) is 6.20 Å². The maximum absolute atomic E-state index is 5.94. The molecule has 3 aromatic rings. The summed E-state index contributed by atoms with van der Waals surface area (Å²) in [5, 5.41) is 9.39. The zero-order valence-corrected chi connectivity index (χ0v) is 13.7. The van der Waals surface area contributed by atoms with Gasteiger partial charge in [-0.05, 0) is 32.4 Å². The van der Waals surface area contributed by atoms with Gasteiger partial charge in [-0.1, -0.05) is 18.2 Å². The average Bonchev–Trinajstić information content (AvgIpc) is 2.84. The van der Waals surface area contributed by atoms with Crippen LogP contribution in [-0.4, -0.2) is 19.7 Å². The third-order valence-electron chi connectivity index (χ3n) is 4.04. The van der Waals surface area contributed by atoms with Gasteiger partial charge in [0.1, 0.15) is 12.1 Å². The predicted octanol–water partition coefficient (Wildman–Crippen LogP) is 3.60. The Balaban J connectivity index is 2.01. The Hall–Kier alpha value is -2.69. The first-order valence-corrected chi connectivity index (χ1v) is 7.66. The van der Waals surface area contributed by atoms with Crippen molar-refractivity contribution < 1.29 is 4.74 Å². The molecule has 0 N–H and O–H groups in total. The molecule has 0 aliphatic heterocycles. The molecule has 0 spiro atoms. The van der Waals surface area contributed by atoms with Gasteiger partial charge in [-0.25, -0.2) is 0 Å². The zero-order valence-electron chi connectivity index (χ0n) is 13.7. The monoisotopic (exact) mass is 308 g/mol. The van der Waals surface area contributed by atoms with Crippen molar-refractivity contribution in [2.24, 2.45) is 0 Å². The standard InChI is InChI=1S/C18H20N4O/c1-4-5-9-22-14(3)13(2)16-11-20-21-18(17(16)22)23-12-15-7-6-8-19-10-15/h4-8,10-11H,9,12H2,1-3H3/b5-4+. The molecule has 3 aromatic heterocycles. The van der Waals surface area contributed by atoms with E-state index in [1.54, 1.807) is 18.6 Å². The minimum absolute atomic E-state index is 0.425. The largest absolute Gasteiger partial charge is 0.470 e. The SMILES string of the molecule is C/C=C/Cn1c(C)c(C)c2cnnc(OCc3cccnc3)c21. The maximum atomic E-state index is 5.94. The van der Waals surface area contributed by atoms with E-state index in [0.29, 0.717) is 12.5 Å². The van der Waals surface area contributed by atoms with E-state index in [1.165, 1.54) is 11.3 Å². The van der Waals surface area contributed by atoms with Crippen LogP contribution in [0.15, 0.2) is 42.9 Å². The van der Waals surface area contributed by atoms with Crippen molar-refractivity contribution in [1.29, 1.82) is 0 Å². The van der Waals surface area contributed by atoms with Crippen molar-refractivity contribution in [3.8, 4) is 5.88 Å². The van der Waals surface area contributed by atoms with E-state index in [-0.39, 0.29) is 0 Å². The molecule has 0 radical (unpaired) electrons. The van der Waals surface area contributed by atoms with Gasteiger partial charge >= 0.3 is 0 Å². The van der Waals surface area contributed by atoms with E-state index in [9.17, 15) is 0 Å². The van der Waals surface area contributed by atoms with Crippen molar-refractivity contribution in [3.05, 3.63) is 59.7 Å². The Morgan fingerprint density at radius 3 is 2.87 bits per heavy atom. The van der Waals surface area contributed by atoms with Crippen LogP contribution in [0.3, 0.4) is 0 Å². The highest BCUT2D eigenvalue weighted by Gasteiger charge is 2.16. The molecule has 0 saturated carbocycles. The summed E-state index contributed by atoms with van der Waals surface area (Å²) in [6.07, 6.45) is 9.52. The van der Waals surface area contributed by atoms with E-state index < -0.39 is 0 Å². The molecule has 3 heterocycles. The Morgan fingerprint density at radius 2 is 2.13 bits per heavy atom. The Labute approximate surface area is 135 Å². The van der Waals surface area contributed by atoms with Crippen molar-refractivity contribution in [3.63, 3.8) is 0 Å². The molecule has 0 fully saturated rings. The number of ether oxygens (including phenoxy) is 1. The number of hydrogen-bond donors (Lipinski definition) is 0. The normalized spacial score (nSPS) is 11.4. The van der Waals surface area contributed by atoms with Crippen LogP contribution in [-0.2, 0) is 13.2 Å². The van der Waals surface area contributed by atoms with Gasteiger partial charge in [0.2, 0.25) is 0 Å². The highest BCUT2D eigenvalue weighted by Crippen LogP contribution is 2.30. The second-order valence-electron chi connectivity index (χ2n) is 5.45. The van der Waals surface area contributed by atoms with Crippen LogP contribution >= 0.6 is 0 Å². The molecule has 5 nitrogen and oxygen atoms in total. The Bertz CT molecular complexity index is 837. The van der Waals surface area contributed by atoms with E-state index in [0.717, 1.165) is 23.0 Å². The molecule has 5 heteroatoms.